The number of benzene rings is 1. The van der Waals surface area contributed by atoms with E-state index in [1.807, 2.05) is 6.07 Å². The highest BCUT2D eigenvalue weighted by Gasteiger charge is 2.23. The van der Waals surface area contributed by atoms with Crippen LogP contribution in [0.1, 0.15) is 31.2 Å². The number of likely N-dealkylation sites (tertiary alicyclic amines) is 1. The molecule has 2 heterocycles. The summed E-state index contributed by atoms with van der Waals surface area (Å²) in [5, 5.41) is 0. The minimum Gasteiger partial charge on any atom is -0.435 e. The molecule has 0 radical (unpaired) electrons. The number of ether oxygens (including phenoxy) is 2. The van der Waals surface area contributed by atoms with Crippen molar-refractivity contribution in [2.45, 2.75) is 44.9 Å². The van der Waals surface area contributed by atoms with Crippen molar-refractivity contribution >= 4 is 0 Å². The van der Waals surface area contributed by atoms with Crippen molar-refractivity contribution in [1.29, 1.82) is 0 Å². The largest absolute Gasteiger partial charge is 0.435 e. The summed E-state index contributed by atoms with van der Waals surface area (Å²) in [6, 6.07) is 7.67. The highest BCUT2D eigenvalue weighted by atomic mass is 19.3. The number of halogens is 2. The van der Waals surface area contributed by atoms with E-state index in [-0.39, 0.29) is 5.75 Å². The van der Waals surface area contributed by atoms with Crippen LogP contribution in [-0.4, -0.2) is 61.8 Å². The summed E-state index contributed by atoms with van der Waals surface area (Å²) in [7, 11) is 0. The molecule has 2 aliphatic heterocycles. The minimum atomic E-state index is -2.77. The zero-order chi connectivity index (χ0) is 17.5. The molecule has 2 fully saturated rings. The molecule has 0 spiro atoms. The molecule has 140 valence electrons. The van der Waals surface area contributed by atoms with E-state index in [1.165, 1.54) is 19.3 Å². The molecule has 2 aliphatic rings. The van der Waals surface area contributed by atoms with E-state index in [2.05, 4.69) is 14.5 Å². The second-order valence-corrected chi connectivity index (χ2v) is 6.89. The number of rotatable bonds is 7. The molecule has 0 saturated carbocycles. The monoisotopic (exact) mass is 354 g/mol. The molecule has 1 aromatic carbocycles. The highest BCUT2D eigenvalue weighted by Crippen LogP contribution is 2.24. The van der Waals surface area contributed by atoms with Gasteiger partial charge in [-0.1, -0.05) is 18.6 Å². The zero-order valence-corrected chi connectivity index (χ0v) is 14.7. The fraction of sp³-hybridized carbons (Fsp3) is 0.684. The van der Waals surface area contributed by atoms with E-state index in [0.717, 1.165) is 57.9 Å². The van der Waals surface area contributed by atoms with Crippen molar-refractivity contribution in [1.82, 2.24) is 9.80 Å². The molecule has 0 N–H and O–H groups in total. The lowest BCUT2D eigenvalue weighted by molar-refractivity contribution is -0.0499. The van der Waals surface area contributed by atoms with Gasteiger partial charge in [0.25, 0.3) is 0 Å². The van der Waals surface area contributed by atoms with E-state index in [9.17, 15) is 8.78 Å². The molecule has 1 aromatic rings. The smallest absolute Gasteiger partial charge is 0.387 e. The van der Waals surface area contributed by atoms with Gasteiger partial charge < -0.3 is 9.47 Å². The molecule has 0 unspecified atom stereocenters. The Morgan fingerprint density at radius 3 is 2.80 bits per heavy atom. The van der Waals surface area contributed by atoms with Crippen LogP contribution in [0.15, 0.2) is 24.3 Å². The maximum absolute atomic E-state index is 12.4. The van der Waals surface area contributed by atoms with Gasteiger partial charge in [-0.3, -0.25) is 9.80 Å². The molecule has 6 heteroatoms. The van der Waals surface area contributed by atoms with Crippen LogP contribution in [0.3, 0.4) is 0 Å². The van der Waals surface area contributed by atoms with Crippen molar-refractivity contribution in [3.05, 3.63) is 29.8 Å². The zero-order valence-electron chi connectivity index (χ0n) is 14.7. The van der Waals surface area contributed by atoms with Gasteiger partial charge in [0.1, 0.15) is 5.75 Å². The van der Waals surface area contributed by atoms with E-state index >= 15 is 0 Å². The summed E-state index contributed by atoms with van der Waals surface area (Å²) in [6.07, 6.45) is 4.87. The third-order valence-corrected chi connectivity index (χ3v) is 5.14. The number of hydrogen-bond donors (Lipinski definition) is 0. The average molecular weight is 354 g/mol. The number of hydrogen-bond acceptors (Lipinski definition) is 4. The molecule has 4 nitrogen and oxygen atoms in total. The summed E-state index contributed by atoms with van der Waals surface area (Å²) in [5.74, 6) is 0.245. The van der Waals surface area contributed by atoms with Crippen molar-refractivity contribution in [2.24, 2.45) is 0 Å². The van der Waals surface area contributed by atoms with E-state index < -0.39 is 6.61 Å². The van der Waals surface area contributed by atoms with Gasteiger partial charge in [-0.15, -0.1) is 0 Å². The Kier molecular flexibility index (Phi) is 7.02. The standard InChI is InChI=1S/C19H28F2N2O2/c20-19(21)25-18-6-3-4-16(14-18)15-23-8-2-1-5-17(23)7-9-22-10-12-24-13-11-22/h3-4,6,14,17,19H,1-2,5,7-13,15H2/t17-/m1/s1. The quantitative estimate of drug-likeness (QED) is 0.750. The molecular formula is C19H28F2N2O2. The Labute approximate surface area is 148 Å². The summed E-state index contributed by atoms with van der Waals surface area (Å²) < 4.78 is 34.7. The third kappa shape index (κ3) is 5.90. The van der Waals surface area contributed by atoms with Gasteiger partial charge in [0.15, 0.2) is 0 Å². The van der Waals surface area contributed by atoms with Gasteiger partial charge in [-0.05, 0) is 50.0 Å². The summed E-state index contributed by atoms with van der Waals surface area (Å²) >= 11 is 0. The van der Waals surface area contributed by atoms with Gasteiger partial charge >= 0.3 is 6.61 Å². The topological polar surface area (TPSA) is 24.9 Å². The van der Waals surface area contributed by atoms with Crippen LogP contribution in [0.25, 0.3) is 0 Å². The van der Waals surface area contributed by atoms with Gasteiger partial charge in [-0.2, -0.15) is 8.78 Å². The number of piperidine rings is 1. The molecule has 2 saturated heterocycles. The second kappa shape index (κ2) is 9.46. The molecule has 0 bridgehead atoms. The van der Waals surface area contributed by atoms with Gasteiger partial charge in [0.2, 0.25) is 0 Å². The SMILES string of the molecule is FC(F)Oc1cccc(CN2CCCC[C@@H]2CCN2CCOCC2)c1. The Bertz CT molecular complexity index is 524. The third-order valence-electron chi connectivity index (χ3n) is 5.14. The van der Waals surface area contributed by atoms with Crippen LogP contribution in [-0.2, 0) is 11.3 Å². The Hall–Kier alpha value is -1.24. The number of nitrogens with zero attached hydrogens (tertiary/aromatic N) is 2. The van der Waals surface area contributed by atoms with Crippen molar-refractivity contribution < 1.29 is 18.3 Å². The lowest BCUT2D eigenvalue weighted by Gasteiger charge is -2.37. The van der Waals surface area contributed by atoms with Crippen LogP contribution in [0.4, 0.5) is 8.78 Å². The van der Waals surface area contributed by atoms with Crippen molar-refractivity contribution in [2.75, 3.05) is 39.4 Å². The lowest BCUT2D eigenvalue weighted by Crippen LogP contribution is -2.43. The second-order valence-electron chi connectivity index (χ2n) is 6.89. The molecule has 0 aromatic heterocycles. The normalized spacial score (nSPS) is 23.1. The summed E-state index contributed by atoms with van der Waals surface area (Å²) in [6.45, 7) is 3.95. The number of morpholine rings is 1. The maximum Gasteiger partial charge on any atom is 0.387 e. The molecule has 25 heavy (non-hydrogen) atoms. The Morgan fingerprint density at radius 2 is 2.00 bits per heavy atom. The highest BCUT2D eigenvalue weighted by molar-refractivity contribution is 5.28. The molecular weight excluding hydrogens is 326 g/mol. The number of alkyl halides is 2. The lowest BCUT2D eigenvalue weighted by atomic mass is 9.98. The predicted octanol–water partition coefficient (Wildman–Crippen LogP) is 3.36. The van der Waals surface area contributed by atoms with Gasteiger partial charge in [0, 0.05) is 25.7 Å². The van der Waals surface area contributed by atoms with Gasteiger partial charge in [0.05, 0.1) is 13.2 Å². The van der Waals surface area contributed by atoms with Crippen LogP contribution < -0.4 is 4.74 Å². The minimum absolute atomic E-state index is 0.245. The molecule has 0 aliphatic carbocycles. The van der Waals surface area contributed by atoms with E-state index in [4.69, 9.17) is 4.74 Å². The van der Waals surface area contributed by atoms with E-state index in [0.29, 0.717) is 6.04 Å². The fourth-order valence-corrected chi connectivity index (χ4v) is 3.81. The maximum atomic E-state index is 12.4. The van der Waals surface area contributed by atoms with Crippen LogP contribution in [0, 0.1) is 0 Å². The first kappa shape index (κ1) is 18.5. The summed E-state index contributed by atoms with van der Waals surface area (Å²) in [4.78, 5) is 4.98. The fourth-order valence-electron chi connectivity index (χ4n) is 3.81. The van der Waals surface area contributed by atoms with Crippen LogP contribution in [0.5, 0.6) is 5.75 Å². The first-order valence-electron chi connectivity index (χ1n) is 9.28. The van der Waals surface area contributed by atoms with Crippen molar-refractivity contribution in [3.63, 3.8) is 0 Å². The molecule has 3 rings (SSSR count). The Balaban J connectivity index is 1.55. The average Bonchev–Trinajstić information content (AvgIpc) is 2.62. The first-order chi connectivity index (χ1) is 12.2. The molecule has 0 amide bonds. The molecule has 1 atom stereocenters. The summed E-state index contributed by atoms with van der Waals surface area (Å²) in [5.41, 5.74) is 1.04. The Morgan fingerprint density at radius 1 is 1.16 bits per heavy atom. The van der Waals surface area contributed by atoms with Gasteiger partial charge in [-0.25, -0.2) is 0 Å². The van der Waals surface area contributed by atoms with Crippen molar-refractivity contribution in [3.8, 4) is 5.75 Å². The van der Waals surface area contributed by atoms with Crippen LogP contribution in [0.2, 0.25) is 0 Å². The predicted molar refractivity (Wildman–Crippen MR) is 93.0 cm³/mol. The van der Waals surface area contributed by atoms with E-state index in [1.54, 1.807) is 18.2 Å². The first-order valence-corrected chi connectivity index (χ1v) is 9.28. The van der Waals surface area contributed by atoms with Crippen LogP contribution >= 0.6 is 0 Å².